The first-order chi connectivity index (χ1) is 17.7. The summed E-state index contributed by atoms with van der Waals surface area (Å²) < 4.78 is 6.47. The van der Waals surface area contributed by atoms with Gasteiger partial charge in [0.2, 0.25) is 0 Å². The standard InChI is InChI=1S/C33H34N3O.Pt/c1-23-19-24(2)30(25(3)20-23)32-31(26-11-8-7-9-12-26)34-29(37-32)15-16-35-17-18-36(22-35)28-14-10-13-27(21-28)33(4,5)6;/h7-11,13,17-22H,15-16H2,1-6H3;/q-3;. The van der Waals surface area contributed by atoms with E-state index < -0.39 is 0 Å². The predicted molar refractivity (Wildman–Crippen MR) is 151 cm³/mol. The van der Waals surface area contributed by atoms with Crippen molar-refractivity contribution in [2.24, 2.45) is 0 Å². The van der Waals surface area contributed by atoms with Crippen LogP contribution in [0.25, 0.3) is 22.6 Å². The molecule has 2 heterocycles. The Morgan fingerprint density at radius 1 is 0.947 bits per heavy atom. The molecule has 5 rings (SSSR count). The number of aryl methyl sites for hydroxylation is 3. The molecule has 1 aromatic heterocycles. The van der Waals surface area contributed by atoms with E-state index in [9.17, 15) is 0 Å². The van der Waals surface area contributed by atoms with Crippen molar-refractivity contribution in [1.82, 2.24) is 9.88 Å². The van der Waals surface area contributed by atoms with Crippen molar-refractivity contribution in [2.45, 2.75) is 53.4 Å². The van der Waals surface area contributed by atoms with Crippen LogP contribution in [0.15, 0.2) is 71.4 Å². The Kier molecular flexibility index (Phi) is 8.33. The average Bonchev–Trinajstić information content (AvgIpc) is 3.50. The van der Waals surface area contributed by atoms with Crippen molar-refractivity contribution < 1.29 is 25.5 Å². The summed E-state index contributed by atoms with van der Waals surface area (Å²) in [5.74, 6) is 1.55. The Balaban J connectivity index is 0.00000336. The smallest absolute Gasteiger partial charge is 0.186 e. The first kappa shape index (κ1) is 27.9. The third-order valence-electron chi connectivity index (χ3n) is 6.75. The van der Waals surface area contributed by atoms with Gasteiger partial charge in [0.25, 0.3) is 0 Å². The van der Waals surface area contributed by atoms with Crippen LogP contribution in [0.5, 0.6) is 0 Å². The third kappa shape index (κ3) is 5.97. The Morgan fingerprint density at radius 2 is 1.71 bits per heavy atom. The summed E-state index contributed by atoms with van der Waals surface area (Å²) in [5.41, 5.74) is 8.97. The van der Waals surface area contributed by atoms with Gasteiger partial charge in [0.05, 0.1) is 0 Å². The summed E-state index contributed by atoms with van der Waals surface area (Å²) in [4.78, 5) is 9.23. The molecule has 0 atom stereocenters. The molecular weight excluding hydrogens is 649 g/mol. The first-order valence-electron chi connectivity index (χ1n) is 12.8. The van der Waals surface area contributed by atoms with Crippen molar-refractivity contribution in [2.75, 3.05) is 11.4 Å². The maximum absolute atomic E-state index is 6.47. The van der Waals surface area contributed by atoms with Crippen LogP contribution >= 0.6 is 0 Å². The van der Waals surface area contributed by atoms with Crippen LogP contribution in [0.3, 0.4) is 0 Å². The van der Waals surface area contributed by atoms with Gasteiger partial charge in [0.15, 0.2) is 5.89 Å². The van der Waals surface area contributed by atoms with Gasteiger partial charge in [-0.2, -0.15) is 30.4 Å². The second kappa shape index (κ2) is 11.3. The molecule has 0 spiro atoms. The molecular formula is C33H34N3OPt-3. The fraction of sp³-hybridized carbons (Fsp3) is 0.273. The molecule has 0 fully saturated rings. The maximum atomic E-state index is 6.47. The van der Waals surface area contributed by atoms with Crippen LogP contribution in [-0.4, -0.2) is 16.4 Å². The zero-order valence-corrected chi connectivity index (χ0v) is 25.2. The fourth-order valence-electron chi connectivity index (χ4n) is 4.87. The van der Waals surface area contributed by atoms with Crippen molar-refractivity contribution in [3.05, 3.63) is 114 Å². The molecule has 4 nitrogen and oxygen atoms in total. The molecule has 1 aliphatic rings. The van der Waals surface area contributed by atoms with Gasteiger partial charge in [0, 0.05) is 38.7 Å². The summed E-state index contributed by atoms with van der Waals surface area (Å²) in [6.07, 6.45) is 4.84. The number of rotatable bonds is 6. The van der Waals surface area contributed by atoms with Gasteiger partial charge in [-0.25, -0.2) is 0 Å². The van der Waals surface area contributed by atoms with E-state index in [4.69, 9.17) is 9.40 Å². The Morgan fingerprint density at radius 3 is 2.39 bits per heavy atom. The summed E-state index contributed by atoms with van der Waals surface area (Å²) >= 11 is 0. The number of oxazole rings is 1. The minimum absolute atomic E-state index is 0. The Bertz CT molecular complexity index is 1410. The summed E-state index contributed by atoms with van der Waals surface area (Å²) in [6, 6.07) is 25.4. The molecule has 0 N–H and O–H groups in total. The molecule has 0 saturated heterocycles. The Labute approximate surface area is 241 Å². The number of hydrogen-bond donors (Lipinski definition) is 0. The molecule has 38 heavy (non-hydrogen) atoms. The second-order valence-electron chi connectivity index (χ2n) is 10.9. The molecule has 4 aromatic rings. The molecule has 0 aliphatic carbocycles. The van der Waals surface area contributed by atoms with E-state index in [0.29, 0.717) is 6.42 Å². The van der Waals surface area contributed by atoms with E-state index >= 15 is 0 Å². The van der Waals surface area contributed by atoms with E-state index in [-0.39, 0.29) is 26.5 Å². The Hall–Kier alpha value is -3.10. The quantitative estimate of drug-likeness (QED) is 0.195. The molecule has 0 saturated carbocycles. The van der Waals surface area contributed by atoms with Crippen molar-refractivity contribution >= 4 is 5.69 Å². The van der Waals surface area contributed by atoms with E-state index in [1.807, 2.05) is 30.3 Å². The van der Waals surface area contributed by atoms with Gasteiger partial charge in [-0.15, -0.1) is 47.6 Å². The van der Waals surface area contributed by atoms with Crippen LogP contribution in [0.2, 0.25) is 0 Å². The van der Waals surface area contributed by atoms with Gasteiger partial charge in [-0.1, -0.05) is 38.5 Å². The van der Waals surface area contributed by atoms with E-state index in [1.54, 1.807) is 0 Å². The summed E-state index contributed by atoms with van der Waals surface area (Å²) in [7, 11) is 0. The normalized spacial score (nSPS) is 13.2. The van der Waals surface area contributed by atoms with E-state index in [2.05, 4.69) is 107 Å². The maximum Gasteiger partial charge on any atom is 0.186 e. The van der Waals surface area contributed by atoms with Crippen LogP contribution in [0, 0.1) is 39.6 Å². The fourth-order valence-corrected chi connectivity index (χ4v) is 4.87. The minimum Gasteiger partial charge on any atom is -0.507 e. The number of anilines is 1. The van der Waals surface area contributed by atoms with Crippen LogP contribution in [0.4, 0.5) is 5.69 Å². The van der Waals surface area contributed by atoms with Crippen LogP contribution in [-0.2, 0) is 32.9 Å². The van der Waals surface area contributed by atoms with Crippen molar-refractivity contribution in [3.8, 4) is 22.6 Å². The molecule has 0 amide bonds. The van der Waals surface area contributed by atoms with Gasteiger partial charge in [-0.3, -0.25) is 4.98 Å². The number of hydrogen-bond acceptors (Lipinski definition) is 4. The van der Waals surface area contributed by atoms with Gasteiger partial charge in [-0.05, 0) is 56.3 Å². The molecule has 200 valence electrons. The number of benzene rings is 3. The largest absolute Gasteiger partial charge is 0.507 e. The SMILES string of the molecule is Cc1cc(C)c(-c2oc(CCN3C=CN(c4[c-]ccc(C(C)(C)C)c4)[CH-]3)nc2-c2[c-]cccc2)c(C)c1.[Pt]. The monoisotopic (exact) mass is 683 g/mol. The molecule has 1 aliphatic heterocycles. The number of aromatic nitrogens is 1. The van der Waals surface area contributed by atoms with Crippen LogP contribution < -0.4 is 4.90 Å². The van der Waals surface area contributed by atoms with E-state index in [0.717, 1.165) is 40.7 Å². The van der Waals surface area contributed by atoms with Gasteiger partial charge >= 0.3 is 0 Å². The predicted octanol–water partition coefficient (Wildman–Crippen LogP) is 7.78. The molecule has 3 aromatic carbocycles. The third-order valence-corrected chi connectivity index (χ3v) is 6.75. The van der Waals surface area contributed by atoms with Crippen molar-refractivity contribution in [1.29, 1.82) is 0 Å². The molecule has 0 radical (unpaired) electrons. The van der Waals surface area contributed by atoms with Gasteiger partial charge < -0.3 is 14.2 Å². The number of nitrogens with zero attached hydrogens (tertiary/aromatic N) is 3. The molecule has 5 heteroatoms. The van der Waals surface area contributed by atoms with Crippen molar-refractivity contribution in [3.63, 3.8) is 0 Å². The first-order valence-corrected chi connectivity index (χ1v) is 12.8. The average molecular weight is 684 g/mol. The summed E-state index contributed by atoms with van der Waals surface area (Å²) in [5, 5.41) is 0. The van der Waals surface area contributed by atoms with Crippen LogP contribution in [0.1, 0.15) is 48.9 Å². The topological polar surface area (TPSA) is 32.5 Å². The zero-order valence-electron chi connectivity index (χ0n) is 22.9. The zero-order chi connectivity index (χ0) is 26.2. The molecule has 0 bridgehead atoms. The second-order valence-corrected chi connectivity index (χ2v) is 10.9. The van der Waals surface area contributed by atoms with E-state index in [1.165, 1.54) is 22.3 Å². The minimum atomic E-state index is 0. The van der Waals surface area contributed by atoms with Gasteiger partial charge in [0.1, 0.15) is 5.76 Å². The summed E-state index contributed by atoms with van der Waals surface area (Å²) in [6.45, 7) is 16.0. The molecule has 0 unspecified atom stereocenters.